The van der Waals surface area contributed by atoms with Gasteiger partial charge in [0.1, 0.15) is 0 Å². The fraction of sp³-hybridized carbons (Fsp3) is 1.00. The summed E-state index contributed by atoms with van der Waals surface area (Å²) in [6.45, 7) is 4.33. The second-order valence-electron chi connectivity index (χ2n) is 6.08. The number of nitrogens with one attached hydrogen (secondary N) is 2. The van der Waals surface area contributed by atoms with Crippen LogP contribution >= 0.6 is 15.6 Å². The Morgan fingerprint density at radius 1 is 0.533 bits per heavy atom. The number of phosphoric acid groups is 2. The maximum atomic E-state index is 10.5. The van der Waals surface area contributed by atoms with E-state index in [1.165, 1.54) is 0 Å². The molecule has 0 aromatic carbocycles. The maximum Gasteiger partial charge on any atom is 0.469 e. The monoisotopic (exact) mass is 482 g/mol. The van der Waals surface area contributed by atoms with E-state index in [1.54, 1.807) is 0 Å². The van der Waals surface area contributed by atoms with Crippen LogP contribution < -0.4 is 10.6 Å². The van der Waals surface area contributed by atoms with Crippen LogP contribution in [0.2, 0.25) is 0 Å². The number of hydrogen-bond donors (Lipinski definition) is 6. The van der Waals surface area contributed by atoms with Crippen molar-refractivity contribution in [1.29, 1.82) is 0 Å². The van der Waals surface area contributed by atoms with E-state index in [0.29, 0.717) is 52.7 Å². The third-order valence-corrected chi connectivity index (χ3v) is 4.45. The van der Waals surface area contributed by atoms with Crippen LogP contribution in [0.4, 0.5) is 0 Å². The van der Waals surface area contributed by atoms with Crippen molar-refractivity contribution < 1.29 is 52.0 Å². The van der Waals surface area contributed by atoms with Gasteiger partial charge in [-0.15, -0.1) is 0 Å². The molecule has 0 unspecified atom stereocenters. The Labute approximate surface area is 177 Å². The van der Waals surface area contributed by atoms with Gasteiger partial charge >= 0.3 is 15.6 Å². The molecular formula is C15H36N2O11P2. The molecule has 0 aliphatic rings. The smallest absolute Gasteiger partial charge is 0.378 e. The first-order valence-electron chi connectivity index (χ1n) is 9.75. The first-order chi connectivity index (χ1) is 14.2. The van der Waals surface area contributed by atoms with Gasteiger partial charge in [-0.1, -0.05) is 12.8 Å². The lowest BCUT2D eigenvalue weighted by atomic mass is 10.2. The third-order valence-electron chi connectivity index (χ3n) is 3.41. The van der Waals surface area contributed by atoms with E-state index < -0.39 is 15.6 Å². The van der Waals surface area contributed by atoms with Crippen LogP contribution in [0.25, 0.3) is 0 Å². The molecule has 6 N–H and O–H groups in total. The highest BCUT2D eigenvalue weighted by Gasteiger charge is 2.13. The van der Waals surface area contributed by atoms with Gasteiger partial charge in [0.05, 0.1) is 52.9 Å². The molecule has 0 amide bonds. The van der Waals surface area contributed by atoms with Crippen molar-refractivity contribution in [1.82, 2.24) is 10.6 Å². The Morgan fingerprint density at radius 3 is 1.60 bits per heavy atom. The fourth-order valence-corrected chi connectivity index (χ4v) is 2.73. The first-order valence-corrected chi connectivity index (χ1v) is 12.8. The minimum Gasteiger partial charge on any atom is -0.378 e. The molecule has 30 heavy (non-hydrogen) atoms. The first kappa shape index (κ1) is 30.0. The molecule has 0 fully saturated rings. The van der Waals surface area contributed by atoms with Gasteiger partial charge in [0.2, 0.25) is 0 Å². The molecule has 0 aromatic heterocycles. The second-order valence-corrected chi connectivity index (χ2v) is 8.55. The molecule has 0 atom stereocenters. The summed E-state index contributed by atoms with van der Waals surface area (Å²) in [5, 5.41) is 6.42. The van der Waals surface area contributed by atoms with Crippen molar-refractivity contribution in [2.24, 2.45) is 0 Å². The quantitative estimate of drug-likeness (QED) is 0.0647. The van der Waals surface area contributed by atoms with Gasteiger partial charge in [-0.3, -0.25) is 9.05 Å². The molecule has 0 radical (unpaired) electrons. The Bertz CT molecular complexity index is 434. The number of rotatable bonds is 23. The summed E-state index contributed by atoms with van der Waals surface area (Å²) in [5.41, 5.74) is 0. The van der Waals surface area contributed by atoms with Gasteiger partial charge in [0.15, 0.2) is 0 Å². The lowest BCUT2D eigenvalue weighted by Crippen LogP contribution is -2.32. The molecule has 0 rings (SSSR count). The molecule has 182 valence electrons. The van der Waals surface area contributed by atoms with Gasteiger partial charge in [-0.25, -0.2) is 9.13 Å². The van der Waals surface area contributed by atoms with E-state index in [-0.39, 0.29) is 19.8 Å². The van der Waals surface area contributed by atoms with Gasteiger partial charge in [-0.2, -0.15) is 0 Å². The minimum atomic E-state index is -4.43. The SMILES string of the molecule is O=P(O)(O)OCCCCCCNCNCCOCCOCCOCCOP(=O)(O)O. The topological polar surface area (TPSA) is 185 Å². The Hall–Kier alpha value is 0.0200. The number of hydrogen-bond acceptors (Lipinski definition) is 9. The van der Waals surface area contributed by atoms with Crippen molar-refractivity contribution in [3.63, 3.8) is 0 Å². The van der Waals surface area contributed by atoms with E-state index in [1.807, 2.05) is 0 Å². The highest BCUT2D eigenvalue weighted by molar-refractivity contribution is 7.46. The summed E-state index contributed by atoms with van der Waals surface area (Å²) < 4.78 is 45.2. The van der Waals surface area contributed by atoms with Crippen LogP contribution in [-0.2, 0) is 32.4 Å². The molecule has 0 saturated carbocycles. The number of ether oxygens (including phenoxy) is 3. The Morgan fingerprint density at radius 2 is 1.00 bits per heavy atom. The maximum absolute atomic E-state index is 10.5. The average molecular weight is 482 g/mol. The summed E-state index contributed by atoms with van der Waals surface area (Å²) in [7, 11) is -8.76. The van der Waals surface area contributed by atoms with Crippen LogP contribution in [0, 0.1) is 0 Å². The predicted octanol–water partition coefficient (Wildman–Crippen LogP) is -0.0481. The highest BCUT2D eigenvalue weighted by atomic mass is 31.2. The van der Waals surface area contributed by atoms with Crippen molar-refractivity contribution in [2.45, 2.75) is 25.7 Å². The van der Waals surface area contributed by atoms with E-state index in [4.69, 9.17) is 33.8 Å². The van der Waals surface area contributed by atoms with Gasteiger partial charge in [0, 0.05) is 13.2 Å². The van der Waals surface area contributed by atoms with E-state index in [2.05, 4.69) is 19.7 Å². The lowest BCUT2D eigenvalue weighted by molar-refractivity contribution is 0.00800. The molecule has 0 heterocycles. The zero-order valence-electron chi connectivity index (χ0n) is 17.1. The molecular weight excluding hydrogens is 446 g/mol. The molecule has 0 bridgehead atoms. The Kier molecular flexibility index (Phi) is 19.7. The molecule has 13 nitrogen and oxygen atoms in total. The fourth-order valence-electron chi connectivity index (χ4n) is 2.06. The van der Waals surface area contributed by atoms with Gasteiger partial charge < -0.3 is 44.4 Å². The summed E-state index contributed by atoms with van der Waals surface area (Å²) >= 11 is 0. The van der Waals surface area contributed by atoms with Crippen molar-refractivity contribution in [3.05, 3.63) is 0 Å². The average Bonchev–Trinajstić information content (AvgIpc) is 2.64. The molecule has 0 aliphatic carbocycles. The van der Waals surface area contributed by atoms with Crippen LogP contribution in [-0.4, -0.2) is 92.2 Å². The van der Waals surface area contributed by atoms with E-state index in [9.17, 15) is 9.13 Å². The summed E-state index contributed by atoms with van der Waals surface area (Å²) in [6.07, 6.45) is 3.44. The van der Waals surface area contributed by atoms with E-state index >= 15 is 0 Å². The van der Waals surface area contributed by atoms with E-state index in [0.717, 1.165) is 25.8 Å². The largest absolute Gasteiger partial charge is 0.469 e. The number of unbranched alkanes of at least 4 members (excludes halogenated alkanes) is 3. The standard InChI is InChI=1S/C15H36N2O11P2/c18-29(19,20)27-7-4-2-1-3-5-16-15-17-6-8-24-9-10-25-11-12-26-13-14-28-30(21,22)23/h16-17H,1-15H2,(H2,18,19,20)(H2,21,22,23). The molecule has 0 aliphatic heterocycles. The van der Waals surface area contributed by atoms with Gasteiger partial charge in [0.25, 0.3) is 0 Å². The summed E-state index contributed by atoms with van der Waals surface area (Å²) in [4.78, 5) is 34.0. The predicted molar refractivity (Wildman–Crippen MR) is 108 cm³/mol. The lowest BCUT2D eigenvalue weighted by Gasteiger charge is -2.09. The molecule has 0 saturated heterocycles. The zero-order chi connectivity index (χ0) is 22.6. The van der Waals surface area contributed by atoms with Crippen LogP contribution in [0.1, 0.15) is 25.7 Å². The van der Waals surface area contributed by atoms with Crippen molar-refractivity contribution in [3.8, 4) is 0 Å². The van der Waals surface area contributed by atoms with Crippen LogP contribution in [0.5, 0.6) is 0 Å². The second kappa shape index (κ2) is 19.7. The molecule has 0 spiro atoms. The molecule has 15 heteroatoms. The molecule has 0 aromatic rings. The third kappa shape index (κ3) is 28.0. The highest BCUT2D eigenvalue weighted by Crippen LogP contribution is 2.36. The van der Waals surface area contributed by atoms with Crippen molar-refractivity contribution in [2.75, 3.05) is 72.6 Å². The zero-order valence-corrected chi connectivity index (χ0v) is 18.9. The van der Waals surface area contributed by atoms with Crippen molar-refractivity contribution >= 4 is 15.6 Å². The van der Waals surface area contributed by atoms with Crippen LogP contribution in [0.3, 0.4) is 0 Å². The minimum absolute atomic E-state index is 0.0787. The summed E-state index contributed by atoms with van der Waals surface area (Å²) in [5.74, 6) is 0. The Balaban J connectivity index is 3.08. The number of phosphoric ester groups is 2. The normalized spacial score (nSPS) is 12.5. The van der Waals surface area contributed by atoms with Crippen LogP contribution in [0.15, 0.2) is 0 Å². The summed E-state index contributed by atoms with van der Waals surface area (Å²) in [6, 6.07) is 0. The van der Waals surface area contributed by atoms with Gasteiger partial charge in [-0.05, 0) is 19.4 Å².